The van der Waals surface area contributed by atoms with Crippen LogP contribution in [0.3, 0.4) is 0 Å². The highest BCUT2D eigenvalue weighted by atomic mass is 16.7. The third-order valence-corrected chi connectivity index (χ3v) is 4.85. The van der Waals surface area contributed by atoms with Gasteiger partial charge in [-0.15, -0.1) is 0 Å². The molecule has 0 radical (unpaired) electrons. The number of carbonyl (C=O) groups excluding carboxylic acids is 3. The first-order chi connectivity index (χ1) is 11.9. The SMILES string of the molecule is Cc1cc(C)cc(C2(C(=O)ON3C(=O)c4ccccc4C3=O)CC2)c1. The highest BCUT2D eigenvalue weighted by Gasteiger charge is 2.55. The Bertz CT molecular complexity index is 872. The van der Waals surface area contributed by atoms with Crippen molar-refractivity contribution in [1.29, 1.82) is 0 Å². The second-order valence-corrected chi connectivity index (χ2v) is 6.79. The summed E-state index contributed by atoms with van der Waals surface area (Å²) in [6.45, 7) is 3.95. The average molecular weight is 335 g/mol. The molecule has 1 heterocycles. The monoisotopic (exact) mass is 335 g/mol. The lowest BCUT2D eigenvalue weighted by atomic mass is 9.93. The average Bonchev–Trinajstić information content (AvgIpc) is 3.35. The molecule has 25 heavy (non-hydrogen) atoms. The van der Waals surface area contributed by atoms with Crippen molar-refractivity contribution in [1.82, 2.24) is 5.06 Å². The number of aryl methyl sites for hydroxylation is 2. The number of rotatable bonds is 3. The fraction of sp³-hybridized carbons (Fsp3) is 0.250. The summed E-state index contributed by atoms with van der Waals surface area (Å²) in [5, 5.41) is 0.593. The molecule has 1 fully saturated rings. The van der Waals surface area contributed by atoms with Gasteiger partial charge in [-0.2, -0.15) is 0 Å². The van der Waals surface area contributed by atoms with Crippen LogP contribution in [-0.4, -0.2) is 22.8 Å². The van der Waals surface area contributed by atoms with Gasteiger partial charge in [-0.05, 0) is 44.4 Å². The van der Waals surface area contributed by atoms with Crippen LogP contribution >= 0.6 is 0 Å². The standard InChI is InChI=1S/C20H17NO4/c1-12-9-13(2)11-14(10-12)20(7-8-20)19(24)25-21-17(22)15-5-3-4-6-16(15)18(21)23/h3-6,9-11H,7-8H2,1-2H3. The van der Waals surface area contributed by atoms with E-state index in [0.717, 1.165) is 16.7 Å². The zero-order valence-corrected chi connectivity index (χ0v) is 14.0. The van der Waals surface area contributed by atoms with Crippen molar-refractivity contribution < 1.29 is 19.2 Å². The molecule has 0 bridgehead atoms. The predicted octanol–water partition coefficient (Wildman–Crippen LogP) is 3.09. The molecule has 0 aromatic heterocycles. The number of imide groups is 1. The van der Waals surface area contributed by atoms with Crippen LogP contribution in [0.5, 0.6) is 0 Å². The van der Waals surface area contributed by atoms with Crippen molar-refractivity contribution in [2.24, 2.45) is 0 Å². The van der Waals surface area contributed by atoms with Crippen LogP contribution in [0.4, 0.5) is 0 Å². The summed E-state index contributed by atoms with van der Waals surface area (Å²) in [7, 11) is 0. The first-order valence-electron chi connectivity index (χ1n) is 8.21. The molecule has 0 unspecified atom stereocenters. The lowest BCUT2D eigenvalue weighted by Gasteiger charge is -2.19. The smallest absolute Gasteiger partial charge is 0.329 e. The summed E-state index contributed by atoms with van der Waals surface area (Å²) >= 11 is 0. The number of carbonyl (C=O) groups is 3. The Balaban J connectivity index is 1.61. The third-order valence-electron chi connectivity index (χ3n) is 4.85. The second kappa shape index (κ2) is 5.28. The van der Waals surface area contributed by atoms with Crippen molar-refractivity contribution >= 4 is 17.8 Å². The molecular formula is C20H17NO4. The number of hydrogen-bond acceptors (Lipinski definition) is 4. The number of hydroxylamine groups is 2. The van der Waals surface area contributed by atoms with E-state index in [9.17, 15) is 14.4 Å². The first kappa shape index (κ1) is 15.6. The van der Waals surface area contributed by atoms with Crippen molar-refractivity contribution in [3.63, 3.8) is 0 Å². The largest absolute Gasteiger partial charge is 0.343 e. The summed E-state index contributed by atoms with van der Waals surface area (Å²) < 4.78 is 0. The molecule has 1 aliphatic heterocycles. The summed E-state index contributed by atoms with van der Waals surface area (Å²) in [6.07, 6.45) is 1.30. The molecule has 2 aromatic rings. The summed E-state index contributed by atoms with van der Waals surface area (Å²) in [6, 6.07) is 12.4. The van der Waals surface area contributed by atoms with Crippen molar-refractivity contribution in [2.45, 2.75) is 32.1 Å². The molecule has 126 valence electrons. The maximum absolute atomic E-state index is 12.8. The lowest BCUT2D eigenvalue weighted by molar-refractivity contribution is -0.171. The van der Waals surface area contributed by atoms with Crippen LogP contribution in [-0.2, 0) is 15.0 Å². The van der Waals surface area contributed by atoms with E-state index in [4.69, 9.17) is 4.84 Å². The first-order valence-corrected chi connectivity index (χ1v) is 8.21. The zero-order valence-electron chi connectivity index (χ0n) is 14.0. The molecule has 1 aliphatic carbocycles. The van der Waals surface area contributed by atoms with Crippen LogP contribution in [0.2, 0.25) is 0 Å². The maximum Gasteiger partial charge on any atom is 0.343 e. The maximum atomic E-state index is 12.8. The van der Waals surface area contributed by atoms with Gasteiger partial charge < -0.3 is 4.84 Å². The number of hydrogen-bond donors (Lipinski definition) is 0. The van der Waals surface area contributed by atoms with Crippen molar-refractivity contribution in [3.05, 3.63) is 70.3 Å². The topological polar surface area (TPSA) is 63.7 Å². The van der Waals surface area contributed by atoms with Gasteiger partial charge in [0.15, 0.2) is 0 Å². The second-order valence-electron chi connectivity index (χ2n) is 6.79. The Morgan fingerprint density at radius 1 is 0.960 bits per heavy atom. The zero-order chi connectivity index (χ0) is 17.8. The van der Waals surface area contributed by atoms with Crippen LogP contribution in [0.25, 0.3) is 0 Å². The molecule has 4 rings (SSSR count). The minimum absolute atomic E-state index is 0.261. The van der Waals surface area contributed by atoms with E-state index >= 15 is 0 Å². The Morgan fingerprint density at radius 3 is 1.96 bits per heavy atom. The molecule has 0 atom stereocenters. The highest BCUT2D eigenvalue weighted by Crippen LogP contribution is 2.50. The minimum atomic E-state index is -0.758. The van der Waals surface area contributed by atoms with E-state index in [-0.39, 0.29) is 11.1 Å². The van der Waals surface area contributed by atoms with E-state index in [0.29, 0.717) is 17.9 Å². The molecule has 2 aliphatic rings. The number of fused-ring (bicyclic) bond motifs is 1. The van der Waals surface area contributed by atoms with E-state index in [1.807, 2.05) is 32.0 Å². The van der Waals surface area contributed by atoms with E-state index in [1.54, 1.807) is 24.3 Å². The van der Waals surface area contributed by atoms with Crippen LogP contribution in [0.1, 0.15) is 50.2 Å². The quantitative estimate of drug-likeness (QED) is 0.809. The van der Waals surface area contributed by atoms with Crippen LogP contribution < -0.4 is 0 Å². The van der Waals surface area contributed by atoms with Gasteiger partial charge >= 0.3 is 5.97 Å². The fourth-order valence-corrected chi connectivity index (χ4v) is 3.41. The molecule has 2 aromatic carbocycles. The third kappa shape index (κ3) is 2.35. The Kier molecular flexibility index (Phi) is 3.29. The van der Waals surface area contributed by atoms with Gasteiger partial charge in [0, 0.05) is 0 Å². The molecule has 5 heteroatoms. The Labute approximate surface area is 145 Å². The molecule has 0 spiro atoms. The van der Waals surface area contributed by atoms with Gasteiger partial charge in [0.2, 0.25) is 0 Å². The molecule has 0 N–H and O–H groups in total. The molecule has 5 nitrogen and oxygen atoms in total. The summed E-state index contributed by atoms with van der Waals surface area (Å²) in [5.74, 6) is -1.73. The van der Waals surface area contributed by atoms with Crippen LogP contribution in [0, 0.1) is 13.8 Å². The highest BCUT2D eigenvalue weighted by molar-refractivity contribution is 6.21. The predicted molar refractivity (Wildman–Crippen MR) is 89.9 cm³/mol. The summed E-state index contributed by atoms with van der Waals surface area (Å²) in [5.41, 5.74) is 2.77. The number of amides is 2. The Hall–Kier alpha value is -2.95. The van der Waals surface area contributed by atoms with Gasteiger partial charge in [-0.25, -0.2) is 4.79 Å². The Morgan fingerprint density at radius 2 is 1.48 bits per heavy atom. The molecular weight excluding hydrogens is 318 g/mol. The molecule has 2 amide bonds. The number of nitrogens with zero attached hydrogens (tertiary/aromatic N) is 1. The molecule has 0 saturated heterocycles. The molecule has 1 saturated carbocycles. The fourth-order valence-electron chi connectivity index (χ4n) is 3.41. The summed E-state index contributed by atoms with van der Waals surface area (Å²) in [4.78, 5) is 42.8. The minimum Gasteiger partial charge on any atom is -0.329 e. The van der Waals surface area contributed by atoms with E-state index in [2.05, 4.69) is 0 Å². The van der Waals surface area contributed by atoms with Crippen molar-refractivity contribution in [2.75, 3.05) is 0 Å². The van der Waals surface area contributed by atoms with Gasteiger partial charge in [-0.3, -0.25) is 9.59 Å². The van der Waals surface area contributed by atoms with Gasteiger partial charge in [0.05, 0.1) is 16.5 Å². The normalized spacial score (nSPS) is 17.4. The lowest BCUT2D eigenvalue weighted by Crippen LogP contribution is -2.37. The van der Waals surface area contributed by atoms with E-state index < -0.39 is 23.2 Å². The van der Waals surface area contributed by atoms with Crippen molar-refractivity contribution in [3.8, 4) is 0 Å². The number of benzene rings is 2. The van der Waals surface area contributed by atoms with Gasteiger partial charge in [-0.1, -0.05) is 46.5 Å². The van der Waals surface area contributed by atoms with E-state index in [1.165, 1.54) is 0 Å². The van der Waals surface area contributed by atoms with Gasteiger partial charge in [0.25, 0.3) is 11.8 Å². The van der Waals surface area contributed by atoms with Gasteiger partial charge in [0.1, 0.15) is 0 Å². The van der Waals surface area contributed by atoms with Crippen LogP contribution in [0.15, 0.2) is 42.5 Å².